The third-order valence-electron chi connectivity index (χ3n) is 13.8. The summed E-state index contributed by atoms with van der Waals surface area (Å²) in [4.78, 5) is 92.5. The number of ketones is 3. The molecule has 3 N–H and O–H groups in total. The maximum atomic E-state index is 13.7. The average Bonchev–Trinajstić information content (AvgIpc) is 3.43. The summed E-state index contributed by atoms with van der Waals surface area (Å²) in [6.07, 6.45) is -10.2. The van der Waals surface area contributed by atoms with Crippen molar-refractivity contribution in [2.24, 2.45) is 41.4 Å². The molecule has 4 fully saturated rings. The van der Waals surface area contributed by atoms with Gasteiger partial charge in [0.15, 0.2) is 18.7 Å². The van der Waals surface area contributed by atoms with Crippen molar-refractivity contribution < 1.29 is 86.8 Å². The molecule has 1 saturated carbocycles. The number of methoxy groups -OCH3 is 1. The zero-order valence-corrected chi connectivity index (χ0v) is 39.9. The summed E-state index contributed by atoms with van der Waals surface area (Å²) in [7, 11) is 4.75. The van der Waals surface area contributed by atoms with Crippen molar-refractivity contribution in [1.82, 2.24) is 4.90 Å². The van der Waals surface area contributed by atoms with Crippen LogP contribution in [0.15, 0.2) is 12.2 Å². The monoisotopic (exact) mass is 937 g/mol. The van der Waals surface area contributed by atoms with E-state index in [0.717, 1.165) is 6.92 Å². The first-order valence-electron chi connectivity index (χ1n) is 23.1. The van der Waals surface area contributed by atoms with Gasteiger partial charge in [-0.05, 0) is 78.3 Å². The Morgan fingerprint density at radius 1 is 0.909 bits per heavy atom. The van der Waals surface area contributed by atoms with E-state index in [0.29, 0.717) is 6.29 Å². The number of carbonyl (C=O) groups excluding carboxylic acids is 7. The highest BCUT2D eigenvalue weighted by Crippen LogP contribution is 2.46. The van der Waals surface area contributed by atoms with Crippen molar-refractivity contribution in [2.75, 3.05) is 21.2 Å². The average molecular weight is 938 g/mol. The number of likely N-dealkylation sites (N-methyl/N-ethyl adjacent to an activating group) is 1. The van der Waals surface area contributed by atoms with Gasteiger partial charge < -0.3 is 62.9 Å². The van der Waals surface area contributed by atoms with E-state index < -0.39 is 162 Å². The fourth-order valence-corrected chi connectivity index (χ4v) is 10.8. The van der Waals surface area contributed by atoms with Gasteiger partial charge in [0.05, 0.1) is 43.0 Å². The summed E-state index contributed by atoms with van der Waals surface area (Å²) >= 11 is 0. The molecule has 0 aromatic carbocycles. The molecule has 372 valence electrons. The lowest BCUT2D eigenvalue weighted by atomic mass is 9.66. The van der Waals surface area contributed by atoms with E-state index >= 15 is 0 Å². The molecule has 0 spiro atoms. The number of hydrogen-bond donors (Lipinski definition) is 3. The van der Waals surface area contributed by atoms with Gasteiger partial charge in [0.25, 0.3) is 5.78 Å². The summed E-state index contributed by atoms with van der Waals surface area (Å²) in [5, 5.41) is 35.8. The lowest BCUT2D eigenvalue weighted by Crippen LogP contribution is -2.66. The Labute approximate surface area is 386 Å². The largest absolute Gasteiger partial charge is 0.463 e. The fraction of sp³-hybridized carbons (Fsp3) is 0.809. The molecule has 19 nitrogen and oxygen atoms in total. The Morgan fingerprint density at radius 3 is 2.17 bits per heavy atom. The number of hydrogen-bond acceptors (Lipinski definition) is 19. The van der Waals surface area contributed by atoms with Crippen LogP contribution in [0.3, 0.4) is 0 Å². The summed E-state index contributed by atoms with van der Waals surface area (Å²) in [6.45, 7) is 13.1. The van der Waals surface area contributed by atoms with Crippen LogP contribution in [0.1, 0.15) is 93.9 Å². The van der Waals surface area contributed by atoms with Gasteiger partial charge >= 0.3 is 17.9 Å². The third-order valence-corrected chi connectivity index (χ3v) is 13.8. The molecule has 0 amide bonds. The van der Waals surface area contributed by atoms with Crippen LogP contribution in [-0.4, -0.2) is 168 Å². The van der Waals surface area contributed by atoms with Crippen LogP contribution < -0.4 is 0 Å². The molecule has 4 heterocycles. The molecule has 3 saturated heterocycles. The zero-order valence-electron chi connectivity index (χ0n) is 39.9. The zero-order chi connectivity index (χ0) is 49.1. The van der Waals surface area contributed by atoms with E-state index in [-0.39, 0.29) is 38.0 Å². The molecule has 0 radical (unpaired) electrons. The van der Waals surface area contributed by atoms with Crippen molar-refractivity contribution in [3.63, 3.8) is 0 Å². The number of aldehydes is 1. The summed E-state index contributed by atoms with van der Waals surface area (Å²) < 4.78 is 48.9. The van der Waals surface area contributed by atoms with Gasteiger partial charge in [-0.3, -0.25) is 28.8 Å². The minimum absolute atomic E-state index is 0.00787. The predicted octanol–water partition coefficient (Wildman–Crippen LogP) is 1.66. The van der Waals surface area contributed by atoms with E-state index in [2.05, 4.69) is 0 Å². The van der Waals surface area contributed by atoms with E-state index in [1.54, 1.807) is 58.8 Å². The second-order valence-electron chi connectivity index (χ2n) is 19.9. The van der Waals surface area contributed by atoms with E-state index in [1.807, 2.05) is 13.8 Å². The lowest BCUT2D eigenvalue weighted by molar-refractivity contribution is -0.344. The first-order valence-corrected chi connectivity index (χ1v) is 23.1. The number of nitrogens with zero attached hydrogens (tertiary/aromatic N) is 1. The molecule has 6 rings (SSSR count). The third kappa shape index (κ3) is 12.0. The van der Waals surface area contributed by atoms with Crippen LogP contribution in [0.5, 0.6) is 0 Å². The van der Waals surface area contributed by atoms with Crippen molar-refractivity contribution in [3.05, 3.63) is 12.2 Å². The van der Waals surface area contributed by atoms with Gasteiger partial charge in [-0.15, -0.1) is 0 Å². The van der Waals surface area contributed by atoms with Crippen molar-refractivity contribution in [3.8, 4) is 0 Å². The molecule has 2 bridgehead atoms. The van der Waals surface area contributed by atoms with Gasteiger partial charge in [-0.1, -0.05) is 32.9 Å². The molecule has 0 aromatic rings. The van der Waals surface area contributed by atoms with Gasteiger partial charge in [-0.25, -0.2) is 0 Å². The minimum Gasteiger partial charge on any atom is -0.463 e. The van der Waals surface area contributed by atoms with Gasteiger partial charge in [-0.2, -0.15) is 0 Å². The first kappa shape index (κ1) is 53.4. The van der Waals surface area contributed by atoms with Crippen LogP contribution in [0, 0.1) is 41.4 Å². The molecule has 4 unspecified atom stereocenters. The molecular weight excluding hydrogens is 867 g/mol. The van der Waals surface area contributed by atoms with Crippen LogP contribution >= 0.6 is 0 Å². The Morgan fingerprint density at radius 2 is 1.58 bits per heavy atom. The second-order valence-corrected chi connectivity index (χ2v) is 19.9. The Kier molecular flexibility index (Phi) is 18.0. The van der Waals surface area contributed by atoms with Gasteiger partial charge in [0.2, 0.25) is 11.6 Å². The molecule has 0 aromatic heterocycles. The highest BCUT2D eigenvalue weighted by Gasteiger charge is 2.58. The summed E-state index contributed by atoms with van der Waals surface area (Å²) in [6, 6.07) is -0.846. The number of ether oxygens (including phenoxy) is 8. The number of aliphatic hydroxyl groups excluding tert-OH is 2. The molecular formula is C47H71NO18. The Bertz CT molecular complexity index is 1800. The second kappa shape index (κ2) is 22.3. The molecule has 20 atom stereocenters. The number of fused-ring (bicyclic) bond motifs is 11. The number of aliphatic hydroxyl groups is 3. The molecule has 19 heteroatoms. The summed E-state index contributed by atoms with van der Waals surface area (Å²) in [5.41, 5.74) is -1.54. The molecule has 2 aliphatic carbocycles. The minimum atomic E-state index is -1.54. The lowest BCUT2D eigenvalue weighted by Gasteiger charge is -2.50. The standard InChI is InChI=1S/C47H71NO18/c1-21(2)16-31(51)64-45-25(6)61-33(20-47(45,8)58)65-43-24(5)62-46(40(56)36(43)48(9)10)66-42-22(3)17-28(14-15-49)37(53)29-13-12-27(34-35(29)39(55)41(57)38(34)54)18-23(4)60-32(52)19-30(44(42)59-11)63-26(7)50/h12-13,15,21-25,27-30,33-37,40,42-46,53,56,58H,14,16-20H2,1-11H3/t22-,23+,24+,25-,27?,28+,29?,30+,33-,34?,35?,36+,37+,40+,42-,43+,44-,45-,46-,47+/m0/s1. The Hall–Kier alpha value is -3.53. The number of carbonyl (C=O) groups is 7. The van der Waals surface area contributed by atoms with Gasteiger partial charge in [0, 0.05) is 51.0 Å². The predicted molar refractivity (Wildman–Crippen MR) is 230 cm³/mol. The van der Waals surface area contributed by atoms with Crippen molar-refractivity contribution >= 4 is 41.5 Å². The topological polar surface area (TPSA) is 257 Å². The van der Waals surface area contributed by atoms with Gasteiger partial charge in [0.1, 0.15) is 36.3 Å². The van der Waals surface area contributed by atoms with Crippen LogP contribution in [0.25, 0.3) is 0 Å². The number of Topliss-reactive ketones (excluding diaryl/α,β-unsaturated/α-hetero) is 3. The maximum absolute atomic E-state index is 13.7. The van der Waals surface area contributed by atoms with Crippen molar-refractivity contribution in [2.45, 2.75) is 179 Å². The highest BCUT2D eigenvalue weighted by molar-refractivity contribution is 6.68. The highest BCUT2D eigenvalue weighted by atomic mass is 16.7. The Balaban J connectivity index is 1.47. The summed E-state index contributed by atoms with van der Waals surface area (Å²) in [5.74, 6) is -10.6. The maximum Gasteiger partial charge on any atom is 0.309 e. The smallest absolute Gasteiger partial charge is 0.309 e. The molecule has 6 aliphatic rings. The van der Waals surface area contributed by atoms with E-state index in [9.17, 15) is 48.9 Å². The number of esters is 3. The fourth-order valence-electron chi connectivity index (χ4n) is 10.8. The van der Waals surface area contributed by atoms with E-state index in [1.165, 1.54) is 14.0 Å². The van der Waals surface area contributed by atoms with Crippen LogP contribution in [0.4, 0.5) is 0 Å². The molecule has 66 heavy (non-hydrogen) atoms. The first-order chi connectivity index (χ1) is 30.9. The quantitative estimate of drug-likeness (QED) is 0.0827. The van der Waals surface area contributed by atoms with Crippen LogP contribution in [0.2, 0.25) is 0 Å². The number of allylic oxidation sites excluding steroid dienone is 1. The number of rotatable bonds is 12. The normalized spacial score (nSPS) is 42.6. The molecule has 4 aliphatic heterocycles. The van der Waals surface area contributed by atoms with Crippen LogP contribution in [-0.2, 0) is 71.5 Å². The van der Waals surface area contributed by atoms with E-state index in [4.69, 9.17) is 37.9 Å². The van der Waals surface area contributed by atoms with Crippen molar-refractivity contribution in [1.29, 1.82) is 0 Å². The SMILES string of the molecule is CO[C@@H]1[C@@H](O[C@@H]2O[C@H](C)[C@@H](O[C@H]3C[C@@](C)(O)[C@@H](OC(=O)CC(C)C)[C@H](C)O3)[C@H](N(C)C)[C@H]2O)[C@@H](C)C[C@@H](CC=O)[C@@H](O)C2C=CC(C[C@@H](C)OC(=O)C[C@H]1OC(C)=O)C1C(=O)C(=O)C(=O)C12.